The normalized spacial score (nSPS) is 17.2. The quantitative estimate of drug-likeness (QED) is 0.654. The van der Waals surface area contributed by atoms with Gasteiger partial charge in [0.05, 0.1) is 0 Å². The van der Waals surface area contributed by atoms with Gasteiger partial charge in [0.2, 0.25) is 11.8 Å². The van der Waals surface area contributed by atoms with E-state index in [1.807, 2.05) is 25.7 Å². The van der Waals surface area contributed by atoms with Crippen molar-refractivity contribution in [3.63, 3.8) is 0 Å². The lowest BCUT2D eigenvalue weighted by molar-refractivity contribution is -0.139. The summed E-state index contributed by atoms with van der Waals surface area (Å²) in [6.45, 7) is 8.22. The molecule has 0 aromatic rings. The van der Waals surface area contributed by atoms with Gasteiger partial charge >= 0.3 is 0 Å². The second kappa shape index (κ2) is 5.68. The van der Waals surface area contributed by atoms with E-state index in [-0.39, 0.29) is 17.7 Å². The summed E-state index contributed by atoms with van der Waals surface area (Å²) in [4.78, 5) is 26.9. The van der Waals surface area contributed by atoms with Crippen molar-refractivity contribution >= 4 is 11.8 Å². The van der Waals surface area contributed by atoms with Crippen molar-refractivity contribution in [3.8, 4) is 0 Å². The number of hydrogen-bond donors (Lipinski definition) is 0. The first-order valence-corrected chi connectivity index (χ1v) is 5.76. The number of amides is 2. The van der Waals surface area contributed by atoms with E-state index in [2.05, 4.69) is 0 Å². The van der Waals surface area contributed by atoms with E-state index < -0.39 is 0 Å². The first kappa shape index (κ1) is 12.7. The van der Waals surface area contributed by atoms with Crippen LogP contribution in [0, 0.1) is 5.92 Å². The summed E-state index contributed by atoms with van der Waals surface area (Å²) in [7, 11) is 0. The topological polar surface area (TPSA) is 40.6 Å². The van der Waals surface area contributed by atoms with Crippen molar-refractivity contribution in [2.24, 2.45) is 5.92 Å². The Morgan fingerprint density at radius 3 is 2.00 bits per heavy atom. The zero-order valence-corrected chi connectivity index (χ0v) is 10.3. The number of rotatable bonds is 2. The molecule has 90 valence electrons. The standard InChI is InChI=1S/C12H20N2O2/c1-4-5-11(15)13-6-8-14(9-7-13)12(16)10(2)3/h4-5,10H,6-9H2,1-3H3. The van der Waals surface area contributed by atoms with E-state index in [1.54, 1.807) is 17.1 Å². The van der Waals surface area contributed by atoms with E-state index in [9.17, 15) is 9.59 Å². The van der Waals surface area contributed by atoms with E-state index in [0.717, 1.165) is 0 Å². The molecule has 0 bridgehead atoms. The molecule has 0 N–H and O–H groups in total. The molecule has 0 aliphatic carbocycles. The van der Waals surface area contributed by atoms with Crippen LogP contribution in [0.25, 0.3) is 0 Å². The molecule has 1 fully saturated rings. The van der Waals surface area contributed by atoms with Crippen LogP contribution in [0.3, 0.4) is 0 Å². The third-order valence-corrected chi connectivity index (χ3v) is 2.71. The van der Waals surface area contributed by atoms with Crippen molar-refractivity contribution in [1.29, 1.82) is 0 Å². The highest BCUT2D eigenvalue weighted by molar-refractivity contribution is 5.87. The molecule has 0 spiro atoms. The van der Waals surface area contributed by atoms with E-state index >= 15 is 0 Å². The number of piperazine rings is 1. The maximum Gasteiger partial charge on any atom is 0.246 e. The Hall–Kier alpha value is -1.32. The molecule has 0 aromatic heterocycles. The molecule has 0 radical (unpaired) electrons. The number of hydrogen-bond acceptors (Lipinski definition) is 2. The van der Waals surface area contributed by atoms with Crippen molar-refractivity contribution < 1.29 is 9.59 Å². The summed E-state index contributed by atoms with van der Waals surface area (Å²) in [5, 5.41) is 0. The van der Waals surface area contributed by atoms with Gasteiger partial charge in [-0.3, -0.25) is 9.59 Å². The van der Waals surface area contributed by atoms with Gasteiger partial charge in [0.25, 0.3) is 0 Å². The van der Waals surface area contributed by atoms with Crippen LogP contribution < -0.4 is 0 Å². The van der Waals surface area contributed by atoms with Gasteiger partial charge in [0, 0.05) is 32.1 Å². The Kier molecular flexibility index (Phi) is 4.52. The summed E-state index contributed by atoms with van der Waals surface area (Å²) in [5.41, 5.74) is 0. The minimum absolute atomic E-state index is 0.0396. The minimum Gasteiger partial charge on any atom is -0.339 e. The lowest BCUT2D eigenvalue weighted by atomic mass is 10.1. The number of carbonyl (C=O) groups excluding carboxylic acids is 2. The van der Waals surface area contributed by atoms with Gasteiger partial charge in [-0.2, -0.15) is 0 Å². The van der Waals surface area contributed by atoms with Crippen LogP contribution in [-0.2, 0) is 9.59 Å². The Morgan fingerprint density at radius 1 is 1.06 bits per heavy atom. The Morgan fingerprint density at radius 2 is 1.56 bits per heavy atom. The second-order valence-electron chi connectivity index (χ2n) is 4.31. The van der Waals surface area contributed by atoms with Gasteiger partial charge in [-0.15, -0.1) is 0 Å². The van der Waals surface area contributed by atoms with Crippen LogP contribution in [-0.4, -0.2) is 47.8 Å². The van der Waals surface area contributed by atoms with E-state index in [1.165, 1.54) is 0 Å². The highest BCUT2D eigenvalue weighted by Gasteiger charge is 2.24. The lowest BCUT2D eigenvalue weighted by Crippen LogP contribution is -2.51. The molecular formula is C12H20N2O2. The second-order valence-corrected chi connectivity index (χ2v) is 4.31. The smallest absolute Gasteiger partial charge is 0.246 e. The molecule has 0 atom stereocenters. The lowest BCUT2D eigenvalue weighted by Gasteiger charge is -2.35. The molecular weight excluding hydrogens is 204 g/mol. The van der Waals surface area contributed by atoms with Gasteiger partial charge in [-0.25, -0.2) is 0 Å². The van der Waals surface area contributed by atoms with Crippen LogP contribution in [0.5, 0.6) is 0 Å². The molecule has 0 aromatic carbocycles. The predicted octanol–water partition coefficient (Wildman–Crippen LogP) is 0.889. The average Bonchev–Trinajstić information content (AvgIpc) is 2.28. The van der Waals surface area contributed by atoms with Crippen molar-refractivity contribution in [2.75, 3.05) is 26.2 Å². The van der Waals surface area contributed by atoms with Crippen LogP contribution in [0.1, 0.15) is 20.8 Å². The third kappa shape index (κ3) is 3.08. The average molecular weight is 224 g/mol. The fourth-order valence-corrected chi connectivity index (χ4v) is 1.76. The summed E-state index contributed by atoms with van der Waals surface area (Å²) in [5.74, 6) is 0.259. The first-order valence-electron chi connectivity index (χ1n) is 5.76. The molecule has 4 heteroatoms. The zero-order valence-electron chi connectivity index (χ0n) is 10.3. The van der Waals surface area contributed by atoms with Crippen molar-refractivity contribution in [1.82, 2.24) is 9.80 Å². The highest BCUT2D eigenvalue weighted by Crippen LogP contribution is 2.07. The molecule has 1 saturated heterocycles. The summed E-state index contributed by atoms with van der Waals surface area (Å²) in [6.07, 6.45) is 3.31. The Bertz CT molecular complexity index is 289. The number of carbonyl (C=O) groups is 2. The largest absolute Gasteiger partial charge is 0.339 e. The maximum absolute atomic E-state index is 11.7. The zero-order chi connectivity index (χ0) is 12.1. The monoisotopic (exact) mass is 224 g/mol. The molecule has 1 aliphatic rings. The van der Waals surface area contributed by atoms with Gasteiger partial charge in [-0.05, 0) is 13.0 Å². The fourth-order valence-electron chi connectivity index (χ4n) is 1.76. The Labute approximate surface area is 96.9 Å². The van der Waals surface area contributed by atoms with Crippen LogP contribution in [0.15, 0.2) is 12.2 Å². The molecule has 0 saturated carbocycles. The molecule has 0 unspecified atom stereocenters. The van der Waals surface area contributed by atoms with E-state index in [4.69, 9.17) is 0 Å². The Balaban J connectivity index is 2.45. The highest BCUT2D eigenvalue weighted by atomic mass is 16.2. The van der Waals surface area contributed by atoms with Crippen molar-refractivity contribution in [3.05, 3.63) is 12.2 Å². The van der Waals surface area contributed by atoms with Gasteiger partial charge in [-0.1, -0.05) is 19.9 Å². The SMILES string of the molecule is CC=CC(=O)N1CCN(C(=O)C(C)C)CC1. The van der Waals surface area contributed by atoms with Crippen LogP contribution in [0.4, 0.5) is 0 Å². The molecule has 1 heterocycles. The van der Waals surface area contributed by atoms with Gasteiger partial charge in [0.15, 0.2) is 0 Å². The third-order valence-electron chi connectivity index (χ3n) is 2.71. The fraction of sp³-hybridized carbons (Fsp3) is 0.667. The van der Waals surface area contributed by atoms with Crippen LogP contribution in [0.2, 0.25) is 0 Å². The minimum atomic E-state index is 0.0396. The molecule has 16 heavy (non-hydrogen) atoms. The summed E-state index contributed by atoms with van der Waals surface area (Å²) in [6, 6.07) is 0. The maximum atomic E-state index is 11.7. The van der Waals surface area contributed by atoms with Gasteiger partial charge in [0.1, 0.15) is 0 Å². The van der Waals surface area contributed by atoms with Gasteiger partial charge < -0.3 is 9.80 Å². The number of allylic oxidation sites excluding steroid dienone is 1. The van der Waals surface area contributed by atoms with Crippen LogP contribution >= 0.6 is 0 Å². The first-order chi connectivity index (χ1) is 7.56. The molecule has 1 rings (SSSR count). The van der Waals surface area contributed by atoms with E-state index in [0.29, 0.717) is 26.2 Å². The summed E-state index contributed by atoms with van der Waals surface area (Å²) < 4.78 is 0. The number of nitrogens with zero attached hydrogens (tertiary/aromatic N) is 2. The summed E-state index contributed by atoms with van der Waals surface area (Å²) >= 11 is 0. The predicted molar refractivity (Wildman–Crippen MR) is 62.8 cm³/mol. The van der Waals surface area contributed by atoms with Crippen molar-refractivity contribution in [2.45, 2.75) is 20.8 Å². The molecule has 4 nitrogen and oxygen atoms in total. The molecule has 2 amide bonds. The molecule has 1 aliphatic heterocycles.